The van der Waals surface area contributed by atoms with Gasteiger partial charge >= 0.3 is 0 Å². The van der Waals surface area contributed by atoms with Crippen LogP contribution in [0.1, 0.15) is 16.8 Å². The van der Waals surface area contributed by atoms with E-state index in [0.717, 1.165) is 23.0 Å². The molecule has 0 aliphatic carbocycles. The number of aryl methyl sites for hydroxylation is 2. The van der Waals surface area contributed by atoms with Gasteiger partial charge in [0.05, 0.1) is 12.2 Å². The third-order valence-corrected chi connectivity index (χ3v) is 3.62. The molecule has 0 aliphatic rings. The molecule has 0 bridgehead atoms. The Kier molecular flexibility index (Phi) is 4.47. The summed E-state index contributed by atoms with van der Waals surface area (Å²) in [6, 6.07) is 14.0. The van der Waals surface area contributed by atoms with Crippen molar-refractivity contribution in [2.24, 2.45) is 0 Å². The van der Waals surface area contributed by atoms with Crippen LogP contribution in [-0.4, -0.2) is 15.0 Å². The third-order valence-electron chi connectivity index (χ3n) is 3.62. The first-order chi connectivity index (χ1) is 11.2. The number of pyridine rings is 1. The average Bonchev–Trinajstić information content (AvgIpc) is 2.58. The van der Waals surface area contributed by atoms with Gasteiger partial charge in [0.25, 0.3) is 0 Å². The predicted octanol–water partition coefficient (Wildman–Crippen LogP) is 3.84. The molecule has 0 unspecified atom stereocenters. The van der Waals surface area contributed by atoms with Gasteiger partial charge in [0, 0.05) is 18.0 Å². The summed E-state index contributed by atoms with van der Waals surface area (Å²) in [4.78, 5) is 12.8. The van der Waals surface area contributed by atoms with E-state index in [1.54, 1.807) is 12.5 Å². The van der Waals surface area contributed by atoms with E-state index in [0.29, 0.717) is 6.54 Å². The smallest absolute Gasteiger partial charge is 0.135 e. The minimum atomic E-state index is 0.626. The summed E-state index contributed by atoms with van der Waals surface area (Å²) in [7, 11) is 0. The van der Waals surface area contributed by atoms with Gasteiger partial charge in [0.15, 0.2) is 0 Å². The topological polar surface area (TPSA) is 62.7 Å². The Bertz CT molecular complexity index is 786. The van der Waals surface area contributed by atoms with Crippen molar-refractivity contribution >= 4 is 17.3 Å². The Labute approximate surface area is 135 Å². The van der Waals surface area contributed by atoms with Gasteiger partial charge < -0.3 is 10.6 Å². The van der Waals surface area contributed by atoms with Crippen molar-refractivity contribution in [2.45, 2.75) is 20.4 Å². The van der Waals surface area contributed by atoms with Crippen molar-refractivity contribution in [1.82, 2.24) is 15.0 Å². The van der Waals surface area contributed by atoms with Crippen molar-refractivity contribution in [3.05, 3.63) is 71.8 Å². The Morgan fingerprint density at radius 3 is 2.52 bits per heavy atom. The van der Waals surface area contributed by atoms with E-state index in [9.17, 15) is 0 Å². The Hall–Kier alpha value is -2.95. The standard InChI is InChI=1S/C18H19N5/c1-13-6-7-15(9-14(13)2)23-18-10-17(21-12-22-18)20-11-16-5-3-4-8-19-16/h3-10,12H,11H2,1-2H3,(H2,20,21,22,23). The van der Waals surface area contributed by atoms with Crippen LogP contribution in [0.3, 0.4) is 0 Å². The summed E-state index contributed by atoms with van der Waals surface area (Å²) in [6.07, 6.45) is 3.33. The maximum absolute atomic E-state index is 4.28. The van der Waals surface area contributed by atoms with Crippen LogP contribution in [0.25, 0.3) is 0 Å². The van der Waals surface area contributed by atoms with Crippen molar-refractivity contribution in [2.75, 3.05) is 10.6 Å². The lowest BCUT2D eigenvalue weighted by Gasteiger charge is -2.10. The Balaban J connectivity index is 1.68. The van der Waals surface area contributed by atoms with Crippen molar-refractivity contribution in [1.29, 1.82) is 0 Å². The normalized spacial score (nSPS) is 10.3. The summed E-state index contributed by atoms with van der Waals surface area (Å²) in [5, 5.41) is 6.56. The lowest BCUT2D eigenvalue weighted by molar-refractivity contribution is 1.02. The number of aromatic nitrogens is 3. The molecule has 0 saturated heterocycles. The van der Waals surface area contributed by atoms with Crippen LogP contribution in [0.4, 0.5) is 17.3 Å². The van der Waals surface area contributed by atoms with Gasteiger partial charge in [-0.3, -0.25) is 4.98 Å². The molecule has 23 heavy (non-hydrogen) atoms. The van der Waals surface area contributed by atoms with Crippen LogP contribution in [0.15, 0.2) is 55.0 Å². The van der Waals surface area contributed by atoms with E-state index in [2.05, 4.69) is 51.6 Å². The fourth-order valence-corrected chi connectivity index (χ4v) is 2.17. The highest BCUT2D eigenvalue weighted by molar-refractivity contribution is 5.60. The molecule has 0 radical (unpaired) electrons. The van der Waals surface area contributed by atoms with Gasteiger partial charge in [-0.2, -0.15) is 0 Å². The molecule has 2 aromatic heterocycles. The van der Waals surface area contributed by atoms with Gasteiger partial charge in [0.1, 0.15) is 18.0 Å². The van der Waals surface area contributed by atoms with Crippen molar-refractivity contribution in [3.63, 3.8) is 0 Å². The molecule has 2 heterocycles. The van der Waals surface area contributed by atoms with E-state index < -0.39 is 0 Å². The minimum Gasteiger partial charge on any atom is -0.364 e. The molecular formula is C18H19N5. The summed E-state index contributed by atoms with van der Waals surface area (Å²) in [6.45, 7) is 4.82. The van der Waals surface area contributed by atoms with E-state index in [1.165, 1.54) is 11.1 Å². The van der Waals surface area contributed by atoms with Gasteiger partial charge in [-0.05, 0) is 49.2 Å². The van der Waals surface area contributed by atoms with E-state index in [1.807, 2.05) is 30.3 Å². The van der Waals surface area contributed by atoms with Gasteiger partial charge in [-0.15, -0.1) is 0 Å². The number of benzene rings is 1. The monoisotopic (exact) mass is 305 g/mol. The quantitative estimate of drug-likeness (QED) is 0.750. The molecule has 3 aromatic rings. The minimum absolute atomic E-state index is 0.626. The molecule has 0 saturated carbocycles. The first-order valence-corrected chi connectivity index (χ1v) is 7.51. The van der Waals surface area contributed by atoms with Crippen LogP contribution in [0.2, 0.25) is 0 Å². The number of anilines is 3. The second kappa shape index (κ2) is 6.87. The van der Waals surface area contributed by atoms with Crippen LogP contribution in [0, 0.1) is 13.8 Å². The highest BCUT2D eigenvalue weighted by Crippen LogP contribution is 2.19. The van der Waals surface area contributed by atoms with E-state index in [4.69, 9.17) is 0 Å². The highest BCUT2D eigenvalue weighted by Gasteiger charge is 2.01. The molecule has 1 aromatic carbocycles. The van der Waals surface area contributed by atoms with Gasteiger partial charge in [-0.25, -0.2) is 9.97 Å². The summed E-state index contributed by atoms with van der Waals surface area (Å²) >= 11 is 0. The number of hydrogen-bond acceptors (Lipinski definition) is 5. The molecule has 116 valence electrons. The first kappa shape index (κ1) is 15.0. The summed E-state index contributed by atoms with van der Waals surface area (Å²) in [5.41, 5.74) is 4.51. The summed E-state index contributed by atoms with van der Waals surface area (Å²) in [5.74, 6) is 1.52. The van der Waals surface area contributed by atoms with Crippen LogP contribution in [-0.2, 0) is 6.54 Å². The molecule has 0 spiro atoms. The molecule has 5 heteroatoms. The third kappa shape index (κ3) is 4.03. The van der Waals surface area contributed by atoms with Crippen LogP contribution >= 0.6 is 0 Å². The average molecular weight is 305 g/mol. The Morgan fingerprint density at radius 1 is 0.870 bits per heavy atom. The molecule has 5 nitrogen and oxygen atoms in total. The fraction of sp³-hybridized carbons (Fsp3) is 0.167. The zero-order chi connectivity index (χ0) is 16.1. The number of nitrogens with one attached hydrogen (secondary N) is 2. The zero-order valence-corrected chi connectivity index (χ0v) is 13.2. The second-order valence-electron chi connectivity index (χ2n) is 5.39. The predicted molar refractivity (Wildman–Crippen MR) is 92.8 cm³/mol. The Morgan fingerprint density at radius 2 is 1.74 bits per heavy atom. The van der Waals surface area contributed by atoms with E-state index in [-0.39, 0.29) is 0 Å². The van der Waals surface area contributed by atoms with Gasteiger partial charge in [0.2, 0.25) is 0 Å². The molecule has 0 atom stereocenters. The first-order valence-electron chi connectivity index (χ1n) is 7.51. The second-order valence-corrected chi connectivity index (χ2v) is 5.39. The SMILES string of the molecule is Cc1ccc(Nc2cc(NCc3ccccn3)ncn2)cc1C. The van der Waals surface area contributed by atoms with Gasteiger partial charge in [-0.1, -0.05) is 12.1 Å². The maximum Gasteiger partial charge on any atom is 0.135 e. The number of nitrogens with zero attached hydrogens (tertiary/aromatic N) is 3. The maximum atomic E-state index is 4.28. The van der Waals surface area contributed by atoms with Crippen LogP contribution in [0.5, 0.6) is 0 Å². The number of rotatable bonds is 5. The van der Waals surface area contributed by atoms with Crippen molar-refractivity contribution < 1.29 is 0 Å². The molecule has 0 amide bonds. The fourth-order valence-electron chi connectivity index (χ4n) is 2.17. The van der Waals surface area contributed by atoms with Crippen molar-refractivity contribution in [3.8, 4) is 0 Å². The lowest BCUT2D eigenvalue weighted by Crippen LogP contribution is -2.04. The highest BCUT2D eigenvalue weighted by atomic mass is 15.1. The molecule has 0 fully saturated rings. The lowest BCUT2D eigenvalue weighted by atomic mass is 10.1. The van der Waals surface area contributed by atoms with Crippen LogP contribution < -0.4 is 10.6 Å². The molecule has 0 aliphatic heterocycles. The molecule has 3 rings (SSSR count). The molecule has 2 N–H and O–H groups in total. The number of hydrogen-bond donors (Lipinski definition) is 2. The summed E-state index contributed by atoms with van der Waals surface area (Å²) < 4.78 is 0. The molecular weight excluding hydrogens is 286 g/mol. The largest absolute Gasteiger partial charge is 0.364 e. The zero-order valence-electron chi connectivity index (χ0n) is 13.2. The van der Waals surface area contributed by atoms with E-state index >= 15 is 0 Å².